The van der Waals surface area contributed by atoms with Gasteiger partial charge in [0.25, 0.3) is 0 Å². The Bertz CT molecular complexity index is 687. The summed E-state index contributed by atoms with van der Waals surface area (Å²) in [7, 11) is 3.62. The smallest absolute Gasteiger partial charge is 0.194 e. The molecule has 0 spiro atoms. The Hall–Kier alpha value is -1.99. The number of ether oxygens (including phenoxy) is 1. The first-order chi connectivity index (χ1) is 12.0. The first-order valence-corrected chi connectivity index (χ1v) is 9.10. The number of thiazole rings is 1. The molecule has 25 heavy (non-hydrogen) atoms. The van der Waals surface area contributed by atoms with Gasteiger partial charge in [-0.1, -0.05) is 12.1 Å². The molecule has 0 radical (unpaired) electrons. The zero-order valence-electron chi connectivity index (χ0n) is 15.1. The minimum atomic E-state index is -0.256. The molecule has 1 unspecified atom stereocenters. The monoisotopic (exact) mass is 364 g/mol. The van der Waals surface area contributed by atoms with E-state index >= 15 is 0 Å². The van der Waals surface area contributed by atoms with Crippen molar-refractivity contribution in [1.29, 1.82) is 0 Å². The zero-order chi connectivity index (χ0) is 18.2. The first kappa shape index (κ1) is 19.3. The van der Waals surface area contributed by atoms with Gasteiger partial charge < -0.3 is 15.0 Å². The Morgan fingerprint density at radius 3 is 2.68 bits per heavy atom. The van der Waals surface area contributed by atoms with Crippen LogP contribution in [0, 0.1) is 12.7 Å². The molecule has 0 aliphatic carbocycles. The highest BCUT2D eigenvalue weighted by molar-refractivity contribution is 7.09. The molecule has 1 aromatic carbocycles. The van der Waals surface area contributed by atoms with E-state index in [0.29, 0.717) is 13.1 Å². The van der Waals surface area contributed by atoms with Crippen molar-refractivity contribution < 1.29 is 9.13 Å². The molecule has 0 aliphatic rings. The maximum atomic E-state index is 13.1. The molecule has 0 amide bonds. The summed E-state index contributed by atoms with van der Waals surface area (Å²) in [4.78, 5) is 11.2. The number of nitrogens with zero attached hydrogens (tertiary/aromatic N) is 3. The van der Waals surface area contributed by atoms with Crippen LogP contribution in [-0.2, 0) is 11.3 Å². The number of benzene rings is 1. The Labute approximate surface area is 152 Å². The van der Waals surface area contributed by atoms with Gasteiger partial charge >= 0.3 is 0 Å². The Kier molecular flexibility index (Phi) is 7.33. The van der Waals surface area contributed by atoms with Crippen LogP contribution >= 0.6 is 11.3 Å². The molecular formula is C18H25FN4OS. The maximum absolute atomic E-state index is 13.1. The molecule has 1 heterocycles. The first-order valence-electron chi connectivity index (χ1n) is 8.22. The van der Waals surface area contributed by atoms with Gasteiger partial charge in [-0.3, -0.25) is 4.99 Å². The second kappa shape index (κ2) is 9.48. The molecule has 2 rings (SSSR count). The highest BCUT2D eigenvalue weighted by atomic mass is 32.1. The van der Waals surface area contributed by atoms with E-state index in [1.165, 1.54) is 12.1 Å². The van der Waals surface area contributed by atoms with Crippen molar-refractivity contribution in [3.63, 3.8) is 0 Å². The van der Waals surface area contributed by atoms with E-state index in [4.69, 9.17) is 4.74 Å². The van der Waals surface area contributed by atoms with Crippen molar-refractivity contribution in [2.24, 2.45) is 4.99 Å². The van der Waals surface area contributed by atoms with Crippen LogP contribution in [0.2, 0.25) is 0 Å². The van der Waals surface area contributed by atoms with E-state index < -0.39 is 0 Å². The number of aliphatic imine (C=N–C) groups is 1. The predicted octanol–water partition coefficient (Wildman–Crippen LogP) is 3.38. The largest absolute Gasteiger partial charge is 0.375 e. The second-order valence-electron chi connectivity index (χ2n) is 5.68. The number of halogens is 1. The fourth-order valence-corrected chi connectivity index (χ4v) is 3.04. The number of nitrogens with one attached hydrogen (secondary N) is 1. The summed E-state index contributed by atoms with van der Waals surface area (Å²) in [5.41, 5.74) is 1.93. The van der Waals surface area contributed by atoms with Crippen molar-refractivity contribution in [2.45, 2.75) is 26.5 Å². The number of hydrogen-bond donors (Lipinski definition) is 1. The summed E-state index contributed by atoms with van der Waals surface area (Å²) in [6.45, 7) is 5.94. The van der Waals surface area contributed by atoms with E-state index in [-0.39, 0.29) is 11.9 Å². The number of aryl methyl sites for hydroxylation is 1. The van der Waals surface area contributed by atoms with E-state index in [0.717, 1.165) is 28.8 Å². The topological polar surface area (TPSA) is 49.8 Å². The van der Waals surface area contributed by atoms with Crippen LogP contribution in [0.5, 0.6) is 0 Å². The van der Waals surface area contributed by atoms with Crippen LogP contribution in [0.1, 0.15) is 29.3 Å². The summed E-state index contributed by atoms with van der Waals surface area (Å²) in [6.07, 6.45) is -0.218. The lowest BCUT2D eigenvalue weighted by atomic mass is 10.1. The van der Waals surface area contributed by atoms with Gasteiger partial charge in [0.05, 0.1) is 23.8 Å². The fraction of sp³-hybridized carbons (Fsp3) is 0.444. The van der Waals surface area contributed by atoms with Crippen LogP contribution < -0.4 is 5.32 Å². The molecule has 0 saturated carbocycles. The van der Waals surface area contributed by atoms with Gasteiger partial charge in [0.1, 0.15) is 11.9 Å². The fourth-order valence-electron chi connectivity index (χ4n) is 2.43. The molecule has 0 bridgehead atoms. The molecule has 0 fully saturated rings. The Morgan fingerprint density at radius 1 is 1.40 bits per heavy atom. The molecule has 1 N–H and O–H groups in total. The third-order valence-corrected chi connectivity index (χ3v) is 4.52. The van der Waals surface area contributed by atoms with Crippen molar-refractivity contribution in [3.8, 4) is 0 Å². The highest BCUT2D eigenvalue weighted by Gasteiger charge is 2.13. The van der Waals surface area contributed by atoms with Gasteiger partial charge in [-0.05, 0) is 31.5 Å². The lowest BCUT2D eigenvalue weighted by molar-refractivity contribution is 0.110. The molecule has 0 aliphatic heterocycles. The van der Waals surface area contributed by atoms with Gasteiger partial charge in [0.15, 0.2) is 5.96 Å². The molecule has 1 atom stereocenters. The summed E-state index contributed by atoms with van der Waals surface area (Å²) < 4.78 is 18.6. The normalized spacial score (nSPS) is 12.9. The molecule has 136 valence electrons. The summed E-state index contributed by atoms with van der Waals surface area (Å²) >= 11 is 1.64. The number of methoxy groups -OCH3 is 1. The molecule has 2 aromatic rings. The number of aromatic nitrogens is 1. The summed E-state index contributed by atoms with van der Waals surface area (Å²) in [5, 5.41) is 6.40. The van der Waals surface area contributed by atoms with Crippen LogP contribution in [-0.4, -0.2) is 43.1 Å². The summed E-state index contributed by atoms with van der Waals surface area (Å²) in [5.74, 6) is 0.533. The van der Waals surface area contributed by atoms with E-state index in [9.17, 15) is 4.39 Å². The molecule has 5 nitrogen and oxygen atoms in total. The predicted molar refractivity (Wildman–Crippen MR) is 100 cm³/mol. The maximum Gasteiger partial charge on any atom is 0.194 e. The third kappa shape index (κ3) is 5.79. The van der Waals surface area contributed by atoms with Gasteiger partial charge in [-0.25, -0.2) is 9.37 Å². The number of rotatable bonds is 7. The van der Waals surface area contributed by atoms with E-state index in [1.807, 2.05) is 25.8 Å². The molecule has 1 aromatic heterocycles. The van der Waals surface area contributed by atoms with Gasteiger partial charge in [-0.2, -0.15) is 0 Å². The molecular weight excluding hydrogens is 339 g/mol. The Balaban J connectivity index is 2.07. The minimum absolute atomic E-state index is 0.218. The van der Waals surface area contributed by atoms with Crippen molar-refractivity contribution in [3.05, 3.63) is 51.7 Å². The average molecular weight is 364 g/mol. The SMILES string of the molecule is CCNC(=NCC(OC)c1ccc(F)cc1)N(C)Cc1csc(C)n1. The molecule has 7 heteroatoms. The van der Waals surface area contributed by atoms with Crippen molar-refractivity contribution >= 4 is 17.3 Å². The lowest BCUT2D eigenvalue weighted by Crippen LogP contribution is -2.38. The quantitative estimate of drug-likeness (QED) is 0.604. The zero-order valence-corrected chi connectivity index (χ0v) is 15.9. The van der Waals surface area contributed by atoms with E-state index in [2.05, 4.69) is 20.7 Å². The van der Waals surface area contributed by atoms with Gasteiger partial charge in [0, 0.05) is 26.1 Å². The minimum Gasteiger partial charge on any atom is -0.375 e. The molecule has 0 saturated heterocycles. The van der Waals surface area contributed by atoms with Crippen LogP contribution in [0.15, 0.2) is 34.6 Å². The van der Waals surface area contributed by atoms with Crippen LogP contribution in [0.25, 0.3) is 0 Å². The summed E-state index contributed by atoms with van der Waals surface area (Å²) in [6, 6.07) is 6.33. The lowest BCUT2D eigenvalue weighted by Gasteiger charge is -2.22. The van der Waals surface area contributed by atoms with Crippen molar-refractivity contribution in [2.75, 3.05) is 27.2 Å². The van der Waals surface area contributed by atoms with E-state index in [1.54, 1.807) is 30.6 Å². The van der Waals surface area contributed by atoms with Gasteiger partial charge in [0.2, 0.25) is 0 Å². The number of hydrogen-bond acceptors (Lipinski definition) is 4. The van der Waals surface area contributed by atoms with Crippen molar-refractivity contribution in [1.82, 2.24) is 15.2 Å². The van der Waals surface area contributed by atoms with Crippen LogP contribution in [0.4, 0.5) is 4.39 Å². The Morgan fingerprint density at radius 2 is 2.12 bits per heavy atom. The third-order valence-electron chi connectivity index (χ3n) is 3.70. The average Bonchev–Trinajstić information content (AvgIpc) is 3.00. The van der Waals surface area contributed by atoms with Crippen LogP contribution in [0.3, 0.4) is 0 Å². The van der Waals surface area contributed by atoms with Gasteiger partial charge in [-0.15, -0.1) is 11.3 Å². The second-order valence-corrected chi connectivity index (χ2v) is 6.75. The highest BCUT2D eigenvalue weighted by Crippen LogP contribution is 2.17. The standard InChI is InChI=1S/C18H25FN4OS/c1-5-20-18(23(3)11-16-12-25-13(2)22-16)21-10-17(24-4)14-6-8-15(19)9-7-14/h6-9,12,17H,5,10-11H2,1-4H3,(H,20,21). The number of guanidine groups is 1.